The third-order valence-electron chi connectivity index (χ3n) is 6.89. The summed E-state index contributed by atoms with van der Waals surface area (Å²) in [6.07, 6.45) is 6.03. The van der Waals surface area contributed by atoms with Crippen LogP contribution in [0.1, 0.15) is 55.2 Å². The van der Waals surface area contributed by atoms with E-state index in [-0.39, 0.29) is 18.0 Å². The second-order valence-electron chi connectivity index (χ2n) is 9.03. The van der Waals surface area contributed by atoms with Crippen molar-refractivity contribution >= 4 is 6.03 Å². The molecule has 166 valence electrons. The molecule has 4 rings (SSSR count). The molecular formula is C26H36N4O. The Kier molecular flexibility index (Phi) is 7.60. The molecule has 0 aromatic heterocycles. The van der Waals surface area contributed by atoms with Crippen molar-refractivity contribution in [2.24, 2.45) is 5.73 Å². The Morgan fingerprint density at radius 3 is 2.06 bits per heavy atom. The fourth-order valence-corrected chi connectivity index (χ4v) is 4.96. The van der Waals surface area contributed by atoms with Gasteiger partial charge in [0.05, 0.1) is 0 Å². The first kappa shape index (κ1) is 21.8. The Labute approximate surface area is 186 Å². The maximum absolute atomic E-state index is 12.7. The summed E-state index contributed by atoms with van der Waals surface area (Å²) in [6, 6.07) is 21.4. The molecule has 2 aromatic carbocycles. The van der Waals surface area contributed by atoms with Gasteiger partial charge in [-0.05, 0) is 24.0 Å². The Balaban J connectivity index is 1.35. The van der Waals surface area contributed by atoms with Gasteiger partial charge in [-0.25, -0.2) is 4.79 Å². The van der Waals surface area contributed by atoms with Crippen molar-refractivity contribution in [3.63, 3.8) is 0 Å². The minimum absolute atomic E-state index is 0.0590. The van der Waals surface area contributed by atoms with Crippen molar-refractivity contribution in [3.05, 3.63) is 71.8 Å². The van der Waals surface area contributed by atoms with Crippen LogP contribution in [0.2, 0.25) is 0 Å². The highest BCUT2D eigenvalue weighted by Crippen LogP contribution is 2.30. The Morgan fingerprint density at radius 1 is 0.871 bits per heavy atom. The van der Waals surface area contributed by atoms with E-state index in [1.165, 1.54) is 30.4 Å². The molecule has 3 N–H and O–H groups in total. The molecule has 0 radical (unpaired) electrons. The number of piperazine rings is 1. The summed E-state index contributed by atoms with van der Waals surface area (Å²) in [4.78, 5) is 17.1. The first-order chi connectivity index (χ1) is 15.2. The van der Waals surface area contributed by atoms with Crippen molar-refractivity contribution in [1.29, 1.82) is 0 Å². The predicted octanol–water partition coefficient (Wildman–Crippen LogP) is 4.13. The van der Waals surface area contributed by atoms with Crippen LogP contribution in [0.4, 0.5) is 4.79 Å². The fraction of sp³-hybridized carbons (Fsp3) is 0.500. The van der Waals surface area contributed by atoms with Gasteiger partial charge < -0.3 is 16.0 Å². The first-order valence-electron chi connectivity index (χ1n) is 11.8. The molecule has 2 amide bonds. The largest absolute Gasteiger partial charge is 0.335 e. The zero-order valence-electron chi connectivity index (χ0n) is 18.5. The monoisotopic (exact) mass is 420 g/mol. The molecular weight excluding hydrogens is 384 g/mol. The van der Waals surface area contributed by atoms with Crippen LogP contribution < -0.4 is 11.1 Å². The lowest BCUT2D eigenvalue weighted by Gasteiger charge is -2.38. The molecule has 31 heavy (non-hydrogen) atoms. The SMILES string of the molecule is N[C@@H](c1ccccc1)[C@H](CN1CCN(C(=O)NC2CCCCC2)CC1)c1ccccc1. The Bertz CT molecular complexity index is 799. The van der Waals surface area contributed by atoms with Crippen LogP contribution >= 0.6 is 0 Å². The van der Waals surface area contributed by atoms with E-state index in [1.807, 2.05) is 11.0 Å². The number of rotatable bonds is 6. The van der Waals surface area contributed by atoms with E-state index in [0.29, 0.717) is 6.04 Å². The minimum atomic E-state index is -0.0590. The normalized spacial score (nSPS) is 20.2. The van der Waals surface area contributed by atoms with Crippen molar-refractivity contribution < 1.29 is 4.79 Å². The fourth-order valence-electron chi connectivity index (χ4n) is 4.96. The van der Waals surface area contributed by atoms with E-state index < -0.39 is 0 Å². The van der Waals surface area contributed by atoms with Crippen molar-refractivity contribution in [2.45, 2.75) is 50.1 Å². The number of nitrogens with two attached hydrogens (primary N) is 1. The molecule has 5 nitrogen and oxygen atoms in total. The third-order valence-corrected chi connectivity index (χ3v) is 6.89. The molecule has 0 bridgehead atoms. The van der Waals surface area contributed by atoms with Crippen LogP contribution in [0, 0.1) is 0 Å². The summed E-state index contributed by atoms with van der Waals surface area (Å²) in [5.41, 5.74) is 9.21. The molecule has 2 aliphatic rings. The molecule has 2 aromatic rings. The molecule has 0 unspecified atom stereocenters. The number of hydrogen-bond donors (Lipinski definition) is 2. The lowest BCUT2D eigenvalue weighted by Crippen LogP contribution is -2.54. The standard InChI is InChI=1S/C26H36N4O/c27-25(22-12-6-2-7-13-22)24(21-10-4-1-5-11-21)20-29-16-18-30(19-17-29)26(31)28-23-14-8-3-9-15-23/h1-2,4-7,10-13,23-25H,3,8-9,14-20,27H2,(H,28,31)/t24-,25+/m1/s1. The lowest BCUT2D eigenvalue weighted by atomic mass is 9.87. The number of urea groups is 1. The maximum atomic E-state index is 12.7. The van der Waals surface area contributed by atoms with Crippen molar-refractivity contribution in [3.8, 4) is 0 Å². The van der Waals surface area contributed by atoms with Gasteiger partial charge in [0.2, 0.25) is 0 Å². The maximum Gasteiger partial charge on any atom is 0.317 e. The molecule has 1 aliphatic heterocycles. The molecule has 2 atom stereocenters. The highest BCUT2D eigenvalue weighted by atomic mass is 16.2. The quantitative estimate of drug-likeness (QED) is 0.739. The number of nitrogens with one attached hydrogen (secondary N) is 1. The van der Waals surface area contributed by atoms with Crippen LogP contribution in [0.5, 0.6) is 0 Å². The van der Waals surface area contributed by atoms with Crippen LogP contribution in [-0.2, 0) is 0 Å². The third kappa shape index (κ3) is 5.86. The summed E-state index contributed by atoms with van der Waals surface area (Å²) in [6.45, 7) is 4.24. The molecule has 1 heterocycles. The molecule has 1 aliphatic carbocycles. The van der Waals surface area contributed by atoms with E-state index in [1.54, 1.807) is 0 Å². The number of nitrogens with zero attached hydrogens (tertiary/aromatic N) is 2. The first-order valence-corrected chi connectivity index (χ1v) is 11.8. The predicted molar refractivity (Wildman–Crippen MR) is 126 cm³/mol. The van der Waals surface area contributed by atoms with Gasteiger partial charge in [0.15, 0.2) is 0 Å². The second kappa shape index (κ2) is 10.8. The van der Waals surface area contributed by atoms with Crippen LogP contribution in [0.3, 0.4) is 0 Å². The summed E-state index contributed by atoms with van der Waals surface area (Å²) in [5, 5.41) is 3.26. The second-order valence-corrected chi connectivity index (χ2v) is 9.03. The van der Waals surface area contributed by atoms with E-state index in [4.69, 9.17) is 5.73 Å². The van der Waals surface area contributed by atoms with Crippen LogP contribution in [0.15, 0.2) is 60.7 Å². The summed E-state index contributed by atoms with van der Waals surface area (Å²) < 4.78 is 0. The molecule has 1 saturated carbocycles. The zero-order valence-corrected chi connectivity index (χ0v) is 18.5. The average Bonchev–Trinajstić information content (AvgIpc) is 2.84. The van der Waals surface area contributed by atoms with Gasteiger partial charge in [0, 0.05) is 50.7 Å². The van der Waals surface area contributed by atoms with E-state index in [0.717, 1.165) is 45.6 Å². The molecule has 2 fully saturated rings. The summed E-state index contributed by atoms with van der Waals surface area (Å²) in [5.74, 6) is 0.214. The van der Waals surface area contributed by atoms with Gasteiger partial charge in [-0.3, -0.25) is 4.90 Å². The van der Waals surface area contributed by atoms with Gasteiger partial charge in [0.25, 0.3) is 0 Å². The van der Waals surface area contributed by atoms with Crippen molar-refractivity contribution in [1.82, 2.24) is 15.1 Å². The number of amides is 2. The van der Waals surface area contributed by atoms with Crippen LogP contribution in [0.25, 0.3) is 0 Å². The highest BCUT2D eigenvalue weighted by Gasteiger charge is 2.28. The number of hydrogen-bond acceptors (Lipinski definition) is 3. The molecule has 1 saturated heterocycles. The van der Waals surface area contributed by atoms with E-state index in [9.17, 15) is 4.79 Å². The number of carbonyl (C=O) groups excluding carboxylic acids is 1. The number of carbonyl (C=O) groups is 1. The topological polar surface area (TPSA) is 61.6 Å². The zero-order chi connectivity index (χ0) is 21.5. The molecule has 0 spiro atoms. The van der Waals surface area contributed by atoms with E-state index >= 15 is 0 Å². The minimum Gasteiger partial charge on any atom is -0.335 e. The Hall–Kier alpha value is -2.37. The summed E-state index contributed by atoms with van der Waals surface area (Å²) >= 11 is 0. The lowest BCUT2D eigenvalue weighted by molar-refractivity contribution is 0.129. The smallest absolute Gasteiger partial charge is 0.317 e. The van der Waals surface area contributed by atoms with Crippen LogP contribution in [-0.4, -0.2) is 54.6 Å². The van der Waals surface area contributed by atoms with Crippen molar-refractivity contribution in [2.75, 3.05) is 32.7 Å². The molecule has 5 heteroatoms. The number of benzene rings is 2. The van der Waals surface area contributed by atoms with Gasteiger partial charge in [0.1, 0.15) is 0 Å². The van der Waals surface area contributed by atoms with Gasteiger partial charge in [-0.15, -0.1) is 0 Å². The van der Waals surface area contributed by atoms with Gasteiger partial charge in [-0.2, -0.15) is 0 Å². The Morgan fingerprint density at radius 2 is 1.45 bits per heavy atom. The van der Waals surface area contributed by atoms with Gasteiger partial charge in [-0.1, -0.05) is 79.9 Å². The van der Waals surface area contributed by atoms with Gasteiger partial charge >= 0.3 is 6.03 Å². The summed E-state index contributed by atoms with van der Waals surface area (Å²) in [7, 11) is 0. The average molecular weight is 421 g/mol. The van der Waals surface area contributed by atoms with E-state index in [2.05, 4.69) is 64.8 Å². The highest BCUT2D eigenvalue weighted by molar-refractivity contribution is 5.74.